The van der Waals surface area contributed by atoms with Gasteiger partial charge < -0.3 is 15.0 Å². The Labute approximate surface area is 162 Å². The number of pyridine rings is 2. The van der Waals surface area contributed by atoms with Crippen LogP contribution >= 0.6 is 0 Å². The van der Waals surface area contributed by atoms with Crippen LogP contribution in [0.5, 0.6) is 0 Å². The van der Waals surface area contributed by atoms with E-state index in [0.717, 1.165) is 17.1 Å². The van der Waals surface area contributed by atoms with E-state index in [0.29, 0.717) is 43.4 Å². The second-order valence-electron chi connectivity index (χ2n) is 6.89. The maximum Gasteiger partial charge on any atom is 0.415 e. The van der Waals surface area contributed by atoms with Crippen molar-refractivity contribution >= 4 is 29.5 Å². The van der Waals surface area contributed by atoms with Crippen molar-refractivity contribution < 1.29 is 14.3 Å². The van der Waals surface area contributed by atoms with Crippen molar-refractivity contribution in [1.29, 1.82) is 0 Å². The first kappa shape index (κ1) is 18.2. The second kappa shape index (κ2) is 7.08. The van der Waals surface area contributed by atoms with Crippen molar-refractivity contribution in [2.75, 3.05) is 49.0 Å². The van der Waals surface area contributed by atoms with Gasteiger partial charge in [0.25, 0.3) is 5.91 Å². The van der Waals surface area contributed by atoms with Gasteiger partial charge >= 0.3 is 6.09 Å². The van der Waals surface area contributed by atoms with E-state index in [9.17, 15) is 9.59 Å². The van der Waals surface area contributed by atoms with Gasteiger partial charge in [-0.2, -0.15) is 0 Å². The average molecular weight is 382 g/mol. The van der Waals surface area contributed by atoms with E-state index < -0.39 is 6.09 Å². The Kier molecular flexibility index (Phi) is 4.60. The van der Waals surface area contributed by atoms with Crippen molar-refractivity contribution in [2.45, 2.75) is 13.1 Å². The average Bonchev–Trinajstić information content (AvgIpc) is 3.26. The molecule has 1 saturated heterocycles. The van der Waals surface area contributed by atoms with Gasteiger partial charge in [0.15, 0.2) is 0 Å². The van der Waals surface area contributed by atoms with E-state index in [1.165, 1.54) is 4.90 Å². The molecular formula is C19H22N6O3. The topological polar surface area (TPSA) is 90.9 Å². The number of carbonyl (C=O) groups is 2. The summed E-state index contributed by atoms with van der Waals surface area (Å²) in [6.45, 7) is 1.75. The number of hydrogen-bond acceptors (Lipinski definition) is 7. The standard InChI is InChI=1S/C19H22N6O3/c1-20-10-14-13-11-25(18(26)12(13)9-17(21-14)23(2)3)16-6-4-5-15(22-16)24-7-8-28-19(24)27/h4-6,9,20H,7-8,10-11H2,1-3H3. The van der Waals surface area contributed by atoms with Gasteiger partial charge in [-0.15, -0.1) is 0 Å². The highest BCUT2D eigenvalue weighted by Crippen LogP contribution is 2.32. The SMILES string of the molecule is CNCc1nc(N(C)C)cc2c1CN(c1cccc(N3CCOC3=O)n1)C2=O. The van der Waals surface area contributed by atoms with Crippen LogP contribution in [-0.2, 0) is 17.8 Å². The van der Waals surface area contributed by atoms with Gasteiger partial charge in [0.05, 0.1) is 24.3 Å². The minimum absolute atomic E-state index is 0.119. The number of ether oxygens (including phenoxy) is 1. The Morgan fingerprint density at radius 1 is 1.18 bits per heavy atom. The number of rotatable bonds is 5. The summed E-state index contributed by atoms with van der Waals surface area (Å²) in [5.41, 5.74) is 2.38. The highest BCUT2D eigenvalue weighted by atomic mass is 16.6. The van der Waals surface area contributed by atoms with E-state index >= 15 is 0 Å². The molecule has 0 aliphatic carbocycles. The number of aromatic nitrogens is 2. The molecule has 0 radical (unpaired) electrons. The van der Waals surface area contributed by atoms with E-state index in [4.69, 9.17) is 4.74 Å². The first-order valence-electron chi connectivity index (χ1n) is 9.07. The van der Waals surface area contributed by atoms with Crippen LogP contribution in [0.1, 0.15) is 21.6 Å². The number of fused-ring (bicyclic) bond motifs is 1. The Hall–Kier alpha value is -3.20. The normalized spacial score (nSPS) is 15.8. The van der Waals surface area contributed by atoms with Gasteiger partial charge in [-0.25, -0.2) is 14.8 Å². The maximum atomic E-state index is 13.1. The van der Waals surface area contributed by atoms with Crippen molar-refractivity contribution in [1.82, 2.24) is 15.3 Å². The molecule has 2 aliphatic rings. The van der Waals surface area contributed by atoms with Crippen molar-refractivity contribution in [2.24, 2.45) is 0 Å². The van der Waals surface area contributed by atoms with Crippen LogP contribution in [0.25, 0.3) is 0 Å². The third-order valence-electron chi connectivity index (χ3n) is 4.82. The number of cyclic esters (lactones) is 1. The van der Waals surface area contributed by atoms with Gasteiger partial charge in [0.2, 0.25) is 0 Å². The van der Waals surface area contributed by atoms with Crippen molar-refractivity contribution in [3.8, 4) is 0 Å². The van der Waals surface area contributed by atoms with Crippen molar-refractivity contribution in [3.05, 3.63) is 41.1 Å². The molecular weight excluding hydrogens is 360 g/mol. The number of nitrogens with zero attached hydrogens (tertiary/aromatic N) is 5. The number of hydrogen-bond donors (Lipinski definition) is 1. The number of nitrogens with one attached hydrogen (secondary N) is 1. The fraction of sp³-hybridized carbons (Fsp3) is 0.368. The van der Waals surface area contributed by atoms with Crippen LogP contribution in [0.4, 0.5) is 22.2 Å². The summed E-state index contributed by atoms with van der Waals surface area (Å²) in [6.07, 6.45) is -0.420. The van der Waals surface area contributed by atoms with Gasteiger partial charge in [-0.1, -0.05) is 6.07 Å². The quantitative estimate of drug-likeness (QED) is 0.835. The van der Waals surface area contributed by atoms with E-state index in [-0.39, 0.29) is 5.91 Å². The van der Waals surface area contributed by atoms with Crippen LogP contribution in [0, 0.1) is 0 Å². The molecule has 28 heavy (non-hydrogen) atoms. The monoisotopic (exact) mass is 382 g/mol. The third-order valence-corrected chi connectivity index (χ3v) is 4.82. The molecule has 2 aliphatic heterocycles. The maximum absolute atomic E-state index is 13.1. The Morgan fingerprint density at radius 3 is 2.57 bits per heavy atom. The minimum Gasteiger partial charge on any atom is -0.447 e. The first-order chi connectivity index (χ1) is 13.5. The summed E-state index contributed by atoms with van der Waals surface area (Å²) < 4.78 is 4.98. The second-order valence-corrected chi connectivity index (χ2v) is 6.89. The lowest BCUT2D eigenvalue weighted by atomic mass is 10.1. The first-order valence-corrected chi connectivity index (χ1v) is 9.07. The number of carbonyl (C=O) groups excluding carboxylic acids is 2. The molecule has 1 fully saturated rings. The van der Waals surface area contributed by atoms with Gasteiger partial charge in [-0.05, 0) is 25.2 Å². The molecule has 4 heterocycles. The minimum atomic E-state index is -0.420. The molecule has 9 nitrogen and oxygen atoms in total. The highest BCUT2D eigenvalue weighted by Gasteiger charge is 2.33. The predicted molar refractivity (Wildman–Crippen MR) is 105 cm³/mol. The van der Waals surface area contributed by atoms with E-state index in [2.05, 4.69) is 15.3 Å². The zero-order valence-corrected chi connectivity index (χ0v) is 16.1. The Bertz CT molecular complexity index is 945. The molecule has 2 aromatic heterocycles. The molecule has 0 aromatic carbocycles. The van der Waals surface area contributed by atoms with Crippen LogP contribution < -0.4 is 20.0 Å². The number of anilines is 3. The molecule has 4 rings (SSSR count). The summed E-state index contributed by atoms with van der Waals surface area (Å²) in [5, 5.41) is 3.12. The zero-order valence-electron chi connectivity index (χ0n) is 16.1. The van der Waals surface area contributed by atoms with E-state index in [1.54, 1.807) is 23.1 Å². The van der Waals surface area contributed by atoms with Crippen LogP contribution in [0.3, 0.4) is 0 Å². The lowest BCUT2D eigenvalue weighted by Crippen LogP contribution is -2.27. The molecule has 2 amide bonds. The molecule has 0 atom stereocenters. The third kappa shape index (κ3) is 3.03. The summed E-state index contributed by atoms with van der Waals surface area (Å²) in [4.78, 5) is 39.2. The molecule has 9 heteroatoms. The predicted octanol–water partition coefficient (Wildman–Crippen LogP) is 1.38. The van der Waals surface area contributed by atoms with Crippen LogP contribution in [0.15, 0.2) is 24.3 Å². The van der Waals surface area contributed by atoms with Crippen LogP contribution in [-0.4, -0.2) is 56.3 Å². The fourth-order valence-electron chi connectivity index (χ4n) is 3.39. The van der Waals surface area contributed by atoms with Gasteiger partial charge in [0, 0.05) is 26.2 Å². The molecule has 0 spiro atoms. The smallest absolute Gasteiger partial charge is 0.415 e. The molecule has 2 aromatic rings. The zero-order chi connectivity index (χ0) is 19.8. The largest absolute Gasteiger partial charge is 0.447 e. The van der Waals surface area contributed by atoms with Crippen molar-refractivity contribution in [3.63, 3.8) is 0 Å². The lowest BCUT2D eigenvalue weighted by molar-refractivity contribution is 0.0996. The lowest BCUT2D eigenvalue weighted by Gasteiger charge is -2.18. The highest BCUT2D eigenvalue weighted by molar-refractivity contribution is 6.10. The summed E-state index contributed by atoms with van der Waals surface area (Å²) in [5.74, 6) is 1.60. The van der Waals surface area contributed by atoms with Crippen LogP contribution in [0.2, 0.25) is 0 Å². The molecule has 0 unspecified atom stereocenters. The Morgan fingerprint density at radius 2 is 1.93 bits per heavy atom. The molecule has 146 valence electrons. The molecule has 0 saturated carbocycles. The van der Waals surface area contributed by atoms with E-state index in [1.807, 2.05) is 32.1 Å². The fourth-order valence-corrected chi connectivity index (χ4v) is 3.39. The summed E-state index contributed by atoms with van der Waals surface area (Å²) >= 11 is 0. The van der Waals surface area contributed by atoms with Gasteiger partial charge in [0.1, 0.15) is 24.1 Å². The molecule has 1 N–H and O–H groups in total. The number of amides is 2. The summed E-state index contributed by atoms with van der Waals surface area (Å²) in [7, 11) is 5.65. The molecule has 0 bridgehead atoms. The summed E-state index contributed by atoms with van der Waals surface area (Å²) in [6, 6.07) is 7.12. The van der Waals surface area contributed by atoms with Gasteiger partial charge in [-0.3, -0.25) is 14.6 Å². The Balaban J connectivity index is 1.70.